The first kappa shape index (κ1) is 17.4. The Kier molecular flexibility index (Phi) is 5.12. The Bertz CT molecular complexity index is 935. The second-order valence-electron chi connectivity index (χ2n) is 5.28. The van der Waals surface area contributed by atoms with Crippen molar-refractivity contribution in [2.45, 2.75) is 6.54 Å². The lowest BCUT2D eigenvalue weighted by Gasteiger charge is -2.10. The molecule has 0 spiro atoms. The quantitative estimate of drug-likeness (QED) is 0.685. The molecule has 0 saturated carbocycles. The minimum absolute atomic E-state index is 0.0777. The maximum atomic E-state index is 13.7. The Morgan fingerprint density at radius 1 is 0.962 bits per heavy atom. The van der Waals surface area contributed by atoms with Gasteiger partial charge in [0.15, 0.2) is 17.5 Å². The number of nitrogens with one attached hydrogen (secondary N) is 2. The molecular weight excluding hydrogens is 345 g/mol. The summed E-state index contributed by atoms with van der Waals surface area (Å²) in [6.45, 7) is 0.219. The zero-order valence-corrected chi connectivity index (χ0v) is 13.3. The van der Waals surface area contributed by atoms with E-state index in [1.54, 1.807) is 24.4 Å². The van der Waals surface area contributed by atoms with Gasteiger partial charge in [-0.15, -0.1) is 0 Å². The van der Waals surface area contributed by atoms with E-state index in [1.165, 1.54) is 18.3 Å². The lowest BCUT2D eigenvalue weighted by Crippen LogP contribution is -2.24. The largest absolute Gasteiger partial charge is 0.353 e. The van der Waals surface area contributed by atoms with E-state index in [9.17, 15) is 18.0 Å². The molecular formula is C18H13F3N4O. The predicted molar refractivity (Wildman–Crippen MR) is 89.2 cm³/mol. The van der Waals surface area contributed by atoms with Gasteiger partial charge in [-0.3, -0.25) is 14.8 Å². The van der Waals surface area contributed by atoms with Gasteiger partial charge in [-0.2, -0.15) is 0 Å². The van der Waals surface area contributed by atoms with E-state index >= 15 is 0 Å². The lowest BCUT2D eigenvalue weighted by atomic mass is 10.2. The molecule has 0 fully saturated rings. The zero-order chi connectivity index (χ0) is 18.5. The molecule has 3 aromatic rings. The number of benzene rings is 1. The van der Waals surface area contributed by atoms with E-state index in [1.807, 2.05) is 0 Å². The number of anilines is 2. The highest BCUT2D eigenvalue weighted by molar-refractivity contribution is 5.93. The number of aromatic nitrogens is 2. The van der Waals surface area contributed by atoms with Crippen molar-refractivity contribution >= 4 is 17.3 Å². The van der Waals surface area contributed by atoms with E-state index in [4.69, 9.17) is 0 Å². The number of nitrogens with zero attached hydrogens (tertiary/aromatic N) is 2. The third-order valence-electron chi connectivity index (χ3n) is 3.46. The Morgan fingerprint density at radius 2 is 1.81 bits per heavy atom. The highest BCUT2D eigenvalue weighted by Crippen LogP contribution is 2.23. The van der Waals surface area contributed by atoms with Gasteiger partial charge in [0.1, 0.15) is 5.69 Å². The molecule has 26 heavy (non-hydrogen) atoms. The third kappa shape index (κ3) is 3.97. The molecule has 2 heterocycles. The van der Waals surface area contributed by atoms with Crippen LogP contribution < -0.4 is 10.6 Å². The molecule has 132 valence electrons. The SMILES string of the molecule is O=C(NCc1ccccn1)c1cc(Nc2ccc(F)c(F)c2F)ccn1. The highest BCUT2D eigenvalue weighted by atomic mass is 19.2. The molecule has 0 unspecified atom stereocenters. The van der Waals surface area contributed by atoms with Crippen molar-refractivity contribution in [1.82, 2.24) is 15.3 Å². The number of pyridine rings is 2. The number of hydrogen-bond donors (Lipinski definition) is 2. The molecule has 0 aliphatic carbocycles. The molecule has 1 amide bonds. The Balaban J connectivity index is 1.72. The number of carbonyl (C=O) groups excluding carboxylic acids is 1. The third-order valence-corrected chi connectivity index (χ3v) is 3.46. The fourth-order valence-electron chi connectivity index (χ4n) is 2.17. The van der Waals surface area contributed by atoms with Crippen molar-refractivity contribution in [1.29, 1.82) is 0 Å². The number of carbonyl (C=O) groups is 1. The van der Waals surface area contributed by atoms with Gasteiger partial charge >= 0.3 is 0 Å². The van der Waals surface area contributed by atoms with Crippen LogP contribution in [0.1, 0.15) is 16.2 Å². The van der Waals surface area contributed by atoms with Crippen LogP contribution in [0.5, 0.6) is 0 Å². The second-order valence-corrected chi connectivity index (χ2v) is 5.28. The topological polar surface area (TPSA) is 66.9 Å². The van der Waals surface area contributed by atoms with Gasteiger partial charge in [-0.1, -0.05) is 6.07 Å². The van der Waals surface area contributed by atoms with Crippen LogP contribution in [0.4, 0.5) is 24.5 Å². The minimum Gasteiger partial charge on any atom is -0.353 e. The van der Waals surface area contributed by atoms with Gasteiger partial charge < -0.3 is 10.6 Å². The lowest BCUT2D eigenvalue weighted by molar-refractivity contribution is 0.0945. The minimum atomic E-state index is -1.57. The van der Waals surface area contributed by atoms with Crippen LogP contribution >= 0.6 is 0 Å². The Hall–Kier alpha value is -3.42. The first-order valence-corrected chi connectivity index (χ1v) is 7.59. The first-order valence-electron chi connectivity index (χ1n) is 7.59. The smallest absolute Gasteiger partial charge is 0.270 e. The van der Waals surface area contributed by atoms with Crippen molar-refractivity contribution in [2.75, 3.05) is 5.32 Å². The van der Waals surface area contributed by atoms with Crippen molar-refractivity contribution in [3.05, 3.63) is 83.7 Å². The summed E-state index contributed by atoms with van der Waals surface area (Å²) in [7, 11) is 0. The van der Waals surface area contributed by atoms with Crippen LogP contribution in [0.3, 0.4) is 0 Å². The van der Waals surface area contributed by atoms with Crippen LogP contribution in [0, 0.1) is 17.5 Å². The Morgan fingerprint density at radius 3 is 2.58 bits per heavy atom. The van der Waals surface area contributed by atoms with Gasteiger partial charge in [-0.05, 0) is 36.4 Å². The maximum absolute atomic E-state index is 13.7. The molecule has 1 aromatic carbocycles. The fraction of sp³-hybridized carbons (Fsp3) is 0.0556. The summed E-state index contributed by atoms with van der Waals surface area (Å²) < 4.78 is 40.0. The first-order chi connectivity index (χ1) is 12.5. The summed E-state index contributed by atoms with van der Waals surface area (Å²) in [5.74, 6) is -4.65. The van der Waals surface area contributed by atoms with Crippen molar-refractivity contribution in [3.63, 3.8) is 0 Å². The predicted octanol–water partition coefficient (Wildman–Crippen LogP) is 3.57. The zero-order valence-electron chi connectivity index (χ0n) is 13.3. The van der Waals surface area contributed by atoms with E-state index in [-0.39, 0.29) is 17.9 Å². The van der Waals surface area contributed by atoms with Crippen LogP contribution in [0.15, 0.2) is 54.9 Å². The van der Waals surface area contributed by atoms with Gasteiger partial charge in [0.2, 0.25) is 0 Å². The summed E-state index contributed by atoms with van der Waals surface area (Å²) in [5.41, 5.74) is 0.802. The molecule has 2 N–H and O–H groups in total. The van der Waals surface area contributed by atoms with Gasteiger partial charge in [0.25, 0.3) is 5.91 Å². The number of hydrogen-bond acceptors (Lipinski definition) is 4. The van der Waals surface area contributed by atoms with E-state index < -0.39 is 23.4 Å². The summed E-state index contributed by atoms with van der Waals surface area (Å²) in [4.78, 5) is 20.2. The highest BCUT2D eigenvalue weighted by Gasteiger charge is 2.14. The van der Waals surface area contributed by atoms with Crippen LogP contribution in [-0.2, 0) is 6.54 Å². The number of rotatable bonds is 5. The summed E-state index contributed by atoms with van der Waals surface area (Å²) >= 11 is 0. The summed E-state index contributed by atoms with van der Waals surface area (Å²) in [6, 6.07) is 10.0. The summed E-state index contributed by atoms with van der Waals surface area (Å²) in [5, 5.41) is 5.25. The van der Waals surface area contributed by atoms with Crippen LogP contribution in [0.2, 0.25) is 0 Å². The van der Waals surface area contributed by atoms with Crippen LogP contribution in [0.25, 0.3) is 0 Å². The van der Waals surface area contributed by atoms with Crippen molar-refractivity contribution in [2.24, 2.45) is 0 Å². The average Bonchev–Trinajstić information content (AvgIpc) is 2.67. The standard InChI is InChI=1S/C18H13F3N4O/c19-13-4-5-14(17(21)16(13)20)25-11-6-8-23-15(9-11)18(26)24-10-12-3-1-2-7-22-12/h1-9H,10H2,(H,23,25)(H,24,26). The molecule has 0 aliphatic heterocycles. The fourth-order valence-corrected chi connectivity index (χ4v) is 2.17. The monoisotopic (exact) mass is 358 g/mol. The molecule has 0 saturated heterocycles. The molecule has 0 radical (unpaired) electrons. The van der Waals surface area contributed by atoms with Crippen LogP contribution in [-0.4, -0.2) is 15.9 Å². The molecule has 8 heteroatoms. The van der Waals surface area contributed by atoms with Crippen molar-refractivity contribution < 1.29 is 18.0 Å². The summed E-state index contributed by atoms with van der Waals surface area (Å²) in [6.07, 6.45) is 2.95. The Labute approximate surface area is 146 Å². The molecule has 5 nitrogen and oxygen atoms in total. The van der Waals surface area contributed by atoms with E-state index in [0.717, 1.165) is 12.1 Å². The molecule has 0 bridgehead atoms. The van der Waals surface area contributed by atoms with E-state index in [2.05, 4.69) is 20.6 Å². The molecule has 0 aliphatic rings. The molecule has 3 rings (SSSR count). The second kappa shape index (κ2) is 7.64. The van der Waals surface area contributed by atoms with Gasteiger partial charge in [0, 0.05) is 18.1 Å². The molecule has 2 aromatic heterocycles. The normalized spacial score (nSPS) is 10.4. The van der Waals surface area contributed by atoms with Gasteiger partial charge in [0.05, 0.1) is 17.9 Å². The van der Waals surface area contributed by atoms with E-state index in [0.29, 0.717) is 11.4 Å². The molecule has 0 atom stereocenters. The van der Waals surface area contributed by atoms with Crippen molar-refractivity contribution in [3.8, 4) is 0 Å². The van der Waals surface area contributed by atoms with Gasteiger partial charge in [-0.25, -0.2) is 13.2 Å². The maximum Gasteiger partial charge on any atom is 0.270 e. The number of amides is 1. The average molecular weight is 358 g/mol. The number of halogens is 3.